The van der Waals surface area contributed by atoms with Crippen LogP contribution < -0.4 is 4.90 Å². The molecule has 0 saturated carbocycles. The molecule has 2 aromatic heterocycles. The van der Waals surface area contributed by atoms with Gasteiger partial charge in [-0.3, -0.25) is 0 Å². The molecule has 0 unspecified atom stereocenters. The van der Waals surface area contributed by atoms with Gasteiger partial charge in [-0.15, -0.1) is 0 Å². The number of rotatable bonds is 4. The maximum absolute atomic E-state index is 6.01. The average Bonchev–Trinajstić information content (AvgIpc) is 3.47. The Bertz CT molecular complexity index is 2460. The number of nitrogens with zero attached hydrogens (tertiary/aromatic N) is 2. The zero-order valence-corrected chi connectivity index (χ0v) is 23.8. The van der Waals surface area contributed by atoms with Gasteiger partial charge in [-0.1, -0.05) is 91.0 Å². The molecule has 0 aliphatic rings. The Balaban J connectivity index is 1.17. The van der Waals surface area contributed by atoms with E-state index in [0.29, 0.717) is 5.71 Å². The number of hydrogen-bond acceptors (Lipinski definition) is 3. The third-order valence-corrected chi connectivity index (χ3v) is 8.71. The van der Waals surface area contributed by atoms with Crippen molar-refractivity contribution in [3.63, 3.8) is 0 Å². The van der Waals surface area contributed by atoms with Gasteiger partial charge < -0.3 is 9.32 Å². The van der Waals surface area contributed by atoms with E-state index in [4.69, 9.17) is 4.42 Å². The molecule has 0 spiro atoms. The minimum atomic E-state index is 0.659. The highest BCUT2D eigenvalue weighted by atomic mass is 16.3. The molecular weight excluding hydrogens is 536 g/mol. The van der Waals surface area contributed by atoms with E-state index in [-0.39, 0.29) is 0 Å². The van der Waals surface area contributed by atoms with E-state index < -0.39 is 0 Å². The predicted molar refractivity (Wildman–Crippen MR) is 184 cm³/mol. The van der Waals surface area contributed by atoms with Gasteiger partial charge in [-0.25, -0.2) is 4.98 Å². The Labute approximate surface area is 254 Å². The van der Waals surface area contributed by atoms with Crippen LogP contribution in [0.3, 0.4) is 0 Å². The van der Waals surface area contributed by atoms with Crippen LogP contribution in [0.15, 0.2) is 162 Å². The van der Waals surface area contributed by atoms with Crippen molar-refractivity contribution in [3.05, 3.63) is 158 Å². The lowest BCUT2D eigenvalue weighted by molar-refractivity contribution is 0.654. The summed E-state index contributed by atoms with van der Waals surface area (Å²) in [5.74, 6) is 0. The molecule has 9 rings (SSSR count). The molecule has 0 fully saturated rings. The maximum Gasteiger partial charge on any atom is 0.227 e. The van der Waals surface area contributed by atoms with Crippen LogP contribution in [0, 0.1) is 0 Å². The monoisotopic (exact) mass is 562 g/mol. The van der Waals surface area contributed by atoms with Crippen LogP contribution in [0.5, 0.6) is 0 Å². The summed E-state index contributed by atoms with van der Waals surface area (Å²) in [5, 5.41) is 9.80. The summed E-state index contributed by atoms with van der Waals surface area (Å²) in [6.07, 6.45) is 1.77. The van der Waals surface area contributed by atoms with Crippen LogP contribution in [0.1, 0.15) is 0 Å². The van der Waals surface area contributed by atoms with Crippen molar-refractivity contribution in [2.24, 2.45) is 0 Å². The van der Waals surface area contributed by atoms with Crippen molar-refractivity contribution in [2.75, 3.05) is 4.90 Å². The molecule has 3 nitrogen and oxygen atoms in total. The summed E-state index contributed by atoms with van der Waals surface area (Å²) in [4.78, 5) is 6.71. The Morgan fingerprint density at radius 2 is 0.955 bits per heavy atom. The largest absolute Gasteiger partial charge is 0.438 e. The van der Waals surface area contributed by atoms with Gasteiger partial charge in [0.15, 0.2) is 0 Å². The highest BCUT2D eigenvalue weighted by molar-refractivity contribution is 6.25. The first-order valence-corrected chi connectivity index (χ1v) is 14.9. The molecule has 9 aromatic rings. The summed E-state index contributed by atoms with van der Waals surface area (Å²) in [6, 6.07) is 54.1. The zero-order chi connectivity index (χ0) is 29.0. The lowest BCUT2D eigenvalue weighted by Crippen LogP contribution is -2.09. The van der Waals surface area contributed by atoms with E-state index in [1.165, 1.54) is 43.4 Å². The molecule has 44 heavy (non-hydrogen) atoms. The van der Waals surface area contributed by atoms with E-state index in [9.17, 15) is 0 Å². The molecule has 2 heterocycles. The molecule has 0 saturated heterocycles. The second-order valence-electron chi connectivity index (χ2n) is 11.2. The highest BCUT2D eigenvalue weighted by Crippen LogP contribution is 2.40. The van der Waals surface area contributed by atoms with Crippen LogP contribution >= 0.6 is 0 Å². The number of hydrogen-bond donors (Lipinski definition) is 0. The van der Waals surface area contributed by atoms with Crippen molar-refractivity contribution in [2.45, 2.75) is 0 Å². The molecule has 0 atom stereocenters. The number of pyridine rings is 1. The molecule has 0 N–H and O–H groups in total. The summed E-state index contributed by atoms with van der Waals surface area (Å²) >= 11 is 0. The molecule has 206 valence electrons. The third kappa shape index (κ3) is 3.87. The lowest BCUT2D eigenvalue weighted by Gasteiger charge is -2.25. The number of anilines is 3. The van der Waals surface area contributed by atoms with Gasteiger partial charge in [-0.05, 0) is 104 Å². The molecule has 7 aromatic carbocycles. The van der Waals surface area contributed by atoms with Crippen molar-refractivity contribution in [3.8, 4) is 11.1 Å². The second kappa shape index (κ2) is 9.82. The fourth-order valence-electron chi connectivity index (χ4n) is 6.65. The van der Waals surface area contributed by atoms with Crippen molar-refractivity contribution in [1.82, 2.24) is 4.98 Å². The van der Waals surface area contributed by atoms with E-state index >= 15 is 0 Å². The Morgan fingerprint density at radius 3 is 1.68 bits per heavy atom. The fourth-order valence-corrected chi connectivity index (χ4v) is 6.65. The van der Waals surface area contributed by atoms with E-state index in [0.717, 1.165) is 33.4 Å². The number of fused-ring (bicyclic) bond motifs is 9. The topological polar surface area (TPSA) is 29.3 Å². The van der Waals surface area contributed by atoms with E-state index in [2.05, 4.69) is 149 Å². The summed E-state index contributed by atoms with van der Waals surface area (Å²) in [5.41, 5.74) is 7.12. The number of aromatic nitrogens is 1. The van der Waals surface area contributed by atoms with Gasteiger partial charge in [0, 0.05) is 34.0 Å². The molecule has 0 radical (unpaired) electrons. The van der Waals surface area contributed by atoms with Crippen molar-refractivity contribution >= 4 is 71.4 Å². The first-order valence-electron chi connectivity index (χ1n) is 14.9. The van der Waals surface area contributed by atoms with Crippen LogP contribution in [0.2, 0.25) is 0 Å². The predicted octanol–water partition coefficient (Wildman–Crippen LogP) is 11.6. The number of benzene rings is 7. The van der Waals surface area contributed by atoms with Crippen LogP contribution in [0.4, 0.5) is 17.1 Å². The highest BCUT2D eigenvalue weighted by Gasteiger charge is 2.16. The van der Waals surface area contributed by atoms with Gasteiger partial charge >= 0.3 is 0 Å². The SMILES string of the molecule is c1ccc(N(c2ccc(-c3ccc4c5ccccc5c5ccccc5c4c3)cc2)c2ccc3oc4ncccc4c3c2)cc1. The maximum atomic E-state index is 6.01. The summed E-state index contributed by atoms with van der Waals surface area (Å²) < 4.78 is 6.01. The number of para-hydroxylation sites is 1. The minimum Gasteiger partial charge on any atom is -0.438 e. The molecule has 0 aliphatic carbocycles. The van der Waals surface area contributed by atoms with Gasteiger partial charge in [0.2, 0.25) is 5.71 Å². The Hall–Kier alpha value is -5.93. The fraction of sp³-hybridized carbons (Fsp3) is 0. The molecule has 0 amide bonds. The average molecular weight is 563 g/mol. The van der Waals surface area contributed by atoms with E-state index in [1.807, 2.05) is 12.1 Å². The summed E-state index contributed by atoms with van der Waals surface area (Å²) in [7, 11) is 0. The second-order valence-corrected chi connectivity index (χ2v) is 11.2. The van der Waals surface area contributed by atoms with Gasteiger partial charge in [0.1, 0.15) is 5.58 Å². The quantitative estimate of drug-likeness (QED) is 0.200. The Morgan fingerprint density at radius 1 is 0.386 bits per heavy atom. The molecule has 0 aliphatic heterocycles. The Kier molecular flexibility index (Phi) is 5.50. The third-order valence-electron chi connectivity index (χ3n) is 8.71. The van der Waals surface area contributed by atoms with E-state index in [1.54, 1.807) is 6.20 Å². The standard InChI is InChI=1S/C41H26N2O/c1-2-9-29(10-3-1)43(31-21-23-40-39(26-31)37-15-8-24-42-41(37)44-40)30-19-16-27(17-20-30)28-18-22-36-34-13-5-4-11-32(34)33-12-6-7-14-35(33)38(36)25-28/h1-26H. The van der Waals surface area contributed by atoms with Crippen LogP contribution in [-0.2, 0) is 0 Å². The summed E-state index contributed by atoms with van der Waals surface area (Å²) in [6.45, 7) is 0. The van der Waals surface area contributed by atoms with Crippen LogP contribution in [-0.4, -0.2) is 4.98 Å². The zero-order valence-electron chi connectivity index (χ0n) is 23.8. The normalized spacial score (nSPS) is 11.6. The lowest BCUT2D eigenvalue weighted by atomic mass is 9.92. The van der Waals surface area contributed by atoms with Gasteiger partial charge in [0.25, 0.3) is 0 Å². The van der Waals surface area contributed by atoms with Crippen LogP contribution in [0.25, 0.3) is 65.5 Å². The minimum absolute atomic E-state index is 0.659. The van der Waals surface area contributed by atoms with Crippen molar-refractivity contribution in [1.29, 1.82) is 0 Å². The van der Waals surface area contributed by atoms with Gasteiger partial charge in [0.05, 0.1) is 0 Å². The molecule has 0 bridgehead atoms. The molecule has 3 heteroatoms. The van der Waals surface area contributed by atoms with Gasteiger partial charge in [-0.2, -0.15) is 0 Å². The smallest absolute Gasteiger partial charge is 0.227 e. The van der Waals surface area contributed by atoms with Crippen molar-refractivity contribution < 1.29 is 4.42 Å². The molecular formula is C41H26N2O. The first-order chi connectivity index (χ1) is 21.8. The number of furan rings is 1. The first kappa shape index (κ1) is 24.6.